The van der Waals surface area contributed by atoms with Crippen molar-refractivity contribution in [1.82, 2.24) is 24.2 Å². The standard InChI is InChI=1S/C28H25F3N6O4S/c1-4-23(38)35-12-13-36(16(2)15-35)26-17-14-20(31)25(24-18(29)8-7-9-19(24)30)33-27(17)37(28(39)34-26)21-10-5-6-11-22(21)42(40,41)32-3/h4-11,14,16,32H,1,12-13,15H2,2-3H3/t16-/m0/s1. The molecule has 0 saturated carbocycles. The van der Waals surface area contributed by atoms with Gasteiger partial charge in [-0.2, -0.15) is 4.98 Å². The van der Waals surface area contributed by atoms with Gasteiger partial charge in [0.2, 0.25) is 15.9 Å². The summed E-state index contributed by atoms with van der Waals surface area (Å²) in [7, 11) is -2.92. The number of hydrogen-bond acceptors (Lipinski definition) is 7. The Balaban J connectivity index is 1.84. The normalized spacial score (nSPS) is 15.7. The third kappa shape index (κ3) is 4.92. The molecule has 0 radical (unpaired) electrons. The Morgan fingerprint density at radius 1 is 1.05 bits per heavy atom. The number of piperazine rings is 1. The molecule has 1 aliphatic rings. The van der Waals surface area contributed by atoms with Crippen molar-refractivity contribution < 1.29 is 26.4 Å². The Hall–Kier alpha value is -4.56. The molecular weight excluding hydrogens is 573 g/mol. The number of rotatable bonds is 6. The fourth-order valence-electron chi connectivity index (χ4n) is 5.02. The maximum atomic E-state index is 15.7. The molecule has 5 rings (SSSR count). The minimum atomic E-state index is -4.12. The number of carbonyl (C=O) groups excluding carboxylic acids is 1. The van der Waals surface area contributed by atoms with E-state index in [1.165, 1.54) is 37.4 Å². The second kappa shape index (κ2) is 11.0. The van der Waals surface area contributed by atoms with E-state index in [1.807, 2.05) is 0 Å². The Kier molecular flexibility index (Phi) is 7.60. The van der Waals surface area contributed by atoms with Gasteiger partial charge in [0.25, 0.3) is 0 Å². The quantitative estimate of drug-likeness (QED) is 0.339. The molecule has 0 aliphatic carbocycles. The summed E-state index contributed by atoms with van der Waals surface area (Å²) in [5, 5.41) is -0.0143. The van der Waals surface area contributed by atoms with Gasteiger partial charge in [-0.3, -0.25) is 4.79 Å². The van der Waals surface area contributed by atoms with Gasteiger partial charge in [-0.1, -0.05) is 24.8 Å². The van der Waals surface area contributed by atoms with E-state index in [0.717, 1.165) is 28.8 Å². The van der Waals surface area contributed by atoms with E-state index in [1.54, 1.807) is 16.7 Å². The van der Waals surface area contributed by atoms with E-state index in [-0.39, 0.29) is 53.0 Å². The zero-order valence-electron chi connectivity index (χ0n) is 22.5. The van der Waals surface area contributed by atoms with Crippen molar-refractivity contribution in [3.63, 3.8) is 0 Å². The van der Waals surface area contributed by atoms with E-state index >= 15 is 4.39 Å². The van der Waals surface area contributed by atoms with Gasteiger partial charge in [0.05, 0.1) is 16.6 Å². The SMILES string of the molecule is C=CC(=O)N1CCN(c2nc(=O)n(-c3ccccc3S(=O)(=O)NC)c3nc(-c4c(F)cccc4F)c(F)cc23)[C@@H](C)C1. The first kappa shape index (κ1) is 29.0. The molecule has 0 unspecified atom stereocenters. The molecule has 1 fully saturated rings. The van der Waals surface area contributed by atoms with Crippen molar-refractivity contribution in [1.29, 1.82) is 0 Å². The van der Waals surface area contributed by atoms with Crippen molar-refractivity contribution in [3.8, 4) is 16.9 Å². The Labute approximate surface area is 238 Å². The summed E-state index contributed by atoms with van der Waals surface area (Å²) in [6, 6.07) is 9.08. The van der Waals surface area contributed by atoms with E-state index in [2.05, 4.69) is 21.3 Å². The van der Waals surface area contributed by atoms with E-state index in [9.17, 15) is 26.8 Å². The van der Waals surface area contributed by atoms with Crippen LogP contribution in [-0.2, 0) is 14.8 Å². The third-order valence-corrected chi connectivity index (χ3v) is 8.51. The fourth-order valence-corrected chi connectivity index (χ4v) is 5.93. The van der Waals surface area contributed by atoms with Crippen LogP contribution in [0, 0.1) is 17.5 Å². The summed E-state index contributed by atoms with van der Waals surface area (Å²) in [5.41, 5.74) is -2.87. The second-order valence-corrected chi connectivity index (χ2v) is 11.4. The number of amides is 1. The summed E-state index contributed by atoms with van der Waals surface area (Å²) in [4.78, 5) is 37.3. The number of aromatic nitrogens is 3. The molecule has 0 spiro atoms. The molecule has 3 heterocycles. The monoisotopic (exact) mass is 598 g/mol. The molecule has 2 aromatic carbocycles. The van der Waals surface area contributed by atoms with Crippen LogP contribution in [0.15, 0.2) is 70.9 Å². The van der Waals surface area contributed by atoms with Crippen molar-refractivity contribution in [3.05, 3.63) is 89.1 Å². The molecule has 1 aliphatic heterocycles. The molecule has 10 nitrogen and oxygen atoms in total. The molecule has 1 amide bonds. The Morgan fingerprint density at radius 3 is 2.38 bits per heavy atom. The van der Waals surface area contributed by atoms with Crippen LogP contribution in [0.2, 0.25) is 0 Å². The van der Waals surface area contributed by atoms with Crippen LogP contribution in [0.3, 0.4) is 0 Å². The first-order valence-corrected chi connectivity index (χ1v) is 14.3. The number of para-hydroxylation sites is 1. The Morgan fingerprint density at radius 2 is 1.74 bits per heavy atom. The second-order valence-electron chi connectivity index (χ2n) is 9.55. The van der Waals surface area contributed by atoms with Crippen molar-refractivity contribution in [2.24, 2.45) is 0 Å². The first-order valence-electron chi connectivity index (χ1n) is 12.8. The first-order chi connectivity index (χ1) is 20.0. The van der Waals surface area contributed by atoms with Gasteiger partial charge in [-0.25, -0.2) is 40.7 Å². The number of carbonyl (C=O) groups is 1. The summed E-state index contributed by atoms with van der Waals surface area (Å²) < 4.78 is 74.0. The smallest absolute Gasteiger partial charge is 0.350 e. The molecule has 14 heteroatoms. The number of nitrogens with one attached hydrogen (secondary N) is 1. The van der Waals surface area contributed by atoms with Gasteiger partial charge in [-0.05, 0) is 50.4 Å². The molecule has 4 aromatic rings. The maximum Gasteiger partial charge on any atom is 0.355 e. The lowest BCUT2D eigenvalue weighted by atomic mass is 10.1. The van der Waals surface area contributed by atoms with Gasteiger partial charge >= 0.3 is 5.69 Å². The average Bonchev–Trinajstić information content (AvgIpc) is 2.97. The van der Waals surface area contributed by atoms with Crippen LogP contribution in [0.25, 0.3) is 28.0 Å². The predicted octanol–water partition coefficient (Wildman–Crippen LogP) is 3.00. The number of nitrogens with zero attached hydrogens (tertiary/aromatic N) is 5. The van der Waals surface area contributed by atoms with E-state index in [0.29, 0.717) is 0 Å². The van der Waals surface area contributed by atoms with Gasteiger partial charge in [0.1, 0.15) is 28.0 Å². The van der Waals surface area contributed by atoms with E-state index < -0.39 is 50.5 Å². The largest absolute Gasteiger partial charge is 0.355 e. The topological polar surface area (TPSA) is 118 Å². The van der Waals surface area contributed by atoms with Crippen molar-refractivity contribution >= 4 is 32.8 Å². The average molecular weight is 599 g/mol. The van der Waals surface area contributed by atoms with Crippen LogP contribution < -0.4 is 15.3 Å². The van der Waals surface area contributed by atoms with E-state index in [4.69, 9.17) is 0 Å². The molecule has 218 valence electrons. The minimum absolute atomic E-state index is 0.0143. The van der Waals surface area contributed by atoms with Gasteiger partial charge < -0.3 is 9.80 Å². The molecular formula is C28H25F3N6O4S. The maximum absolute atomic E-state index is 15.7. The highest BCUT2D eigenvalue weighted by atomic mass is 32.2. The molecule has 1 N–H and O–H groups in total. The lowest BCUT2D eigenvalue weighted by Crippen LogP contribution is -2.54. The zero-order chi connectivity index (χ0) is 30.3. The molecule has 42 heavy (non-hydrogen) atoms. The van der Waals surface area contributed by atoms with Gasteiger partial charge in [0.15, 0.2) is 11.5 Å². The number of fused-ring (bicyclic) bond motifs is 1. The summed E-state index contributed by atoms with van der Waals surface area (Å²) in [6.07, 6.45) is 1.19. The number of pyridine rings is 1. The van der Waals surface area contributed by atoms with Crippen molar-refractivity contribution in [2.45, 2.75) is 17.9 Å². The number of benzene rings is 2. The van der Waals surface area contributed by atoms with Crippen LogP contribution in [0.5, 0.6) is 0 Å². The number of anilines is 1. The summed E-state index contributed by atoms with van der Waals surface area (Å²) in [5.74, 6) is -3.52. The molecule has 1 saturated heterocycles. The lowest BCUT2D eigenvalue weighted by molar-refractivity contribution is -0.126. The highest BCUT2D eigenvalue weighted by Crippen LogP contribution is 2.34. The van der Waals surface area contributed by atoms with Crippen LogP contribution in [0.4, 0.5) is 19.0 Å². The van der Waals surface area contributed by atoms with Gasteiger partial charge in [0, 0.05) is 25.7 Å². The zero-order valence-corrected chi connectivity index (χ0v) is 23.3. The van der Waals surface area contributed by atoms with Crippen LogP contribution in [-0.4, -0.2) is 66.5 Å². The predicted molar refractivity (Wildman–Crippen MR) is 150 cm³/mol. The highest BCUT2D eigenvalue weighted by molar-refractivity contribution is 7.89. The van der Waals surface area contributed by atoms with Crippen molar-refractivity contribution in [2.75, 3.05) is 31.6 Å². The summed E-state index contributed by atoms with van der Waals surface area (Å²) in [6.45, 7) is 5.99. The summed E-state index contributed by atoms with van der Waals surface area (Å²) >= 11 is 0. The minimum Gasteiger partial charge on any atom is -0.350 e. The van der Waals surface area contributed by atoms with Gasteiger partial charge in [-0.15, -0.1) is 0 Å². The number of halogens is 3. The fraction of sp³-hybridized carbons (Fsp3) is 0.214. The lowest BCUT2D eigenvalue weighted by Gasteiger charge is -2.40. The molecule has 1 atom stereocenters. The van der Waals surface area contributed by atoms with Crippen LogP contribution in [0.1, 0.15) is 6.92 Å². The molecule has 2 aromatic heterocycles. The number of hydrogen-bond donors (Lipinski definition) is 1. The number of sulfonamides is 1. The highest BCUT2D eigenvalue weighted by Gasteiger charge is 2.31. The molecule has 0 bridgehead atoms. The Bertz CT molecular complexity index is 1890. The van der Waals surface area contributed by atoms with Crippen LogP contribution >= 0.6 is 0 Å². The third-order valence-electron chi connectivity index (χ3n) is 7.05.